The molecule has 0 radical (unpaired) electrons. The van der Waals surface area contributed by atoms with Gasteiger partial charge in [0, 0.05) is 23.6 Å². The Hall–Kier alpha value is -2.68. The van der Waals surface area contributed by atoms with Crippen LogP contribution in [0.25, 0.3) is 0 Å². The zero-order valence-corrected chi connectivity index (χ0v) is 14.5. The lowest BCUT2D eigenvalue weighted by Gasteiger charge is -2.17. The Balaban J connectivity index is 1.59. The van der Waals surface area contributed by atoms with Crippen molar-refractivity contribution in [3.8, 4) is 0 Å². The third-order valence-electron chi connectivity index (χ3n) is 3.83. The second kappa shape index (κ2) is 7.06. The van der Waals surface area contributed by atoms with Gasteiger partial charge in [-0.15, -0.1) is 0 Å². The number of nitrogens with one attached hydrogen (secondary N) is 3. The van der Waals surface area contributed by atoms with Crippen LogP contribution in [0.3, 0.4) is 0 Å². The Bertz CT molecular complexity index is 838. The summed E-state index contributed by atoms with van der Waals surface area (Å²) in [6, 6.07) is 7.44. The Morgan fingerprint density at radius 1 is 1.28 bits per heavy atom. The van der Waals surface area contributed by atoms with Crippen molar-refractivity contribution in [1.29, 1.82) is 0 Å². The summed E-state index contributed by atoms with van der Waals surface area (Å²) in [5, 5.41) is 0. The van der Waals surface area contributed by atoms with Gasteiger partial charge in [-0.2, -0.15) is 0 Å². The first-order valence-electron chi connectivity index (χ1n) is 7.44. The van der Waals surface area contributed by atoms with Crippen molar-refractivity contribution in [2.45, 2.75) is 6.42 Å². The van der Waals surface area contributed by atoms with Crippen LogP contribution in [0.1, 0.15) is 16.9 Å². The fourth-order valence-corrected chi connectivity index (χ4v) is 2.92. The Morgan fingerprint density at radius 2 is 2.04 bits per heavy atom. The number of nitrogens with zero attached hydrogens (tertiary/aromatic N) is 1. The number of rotatable bonds is 3. The number of anilines is 1. The highest BCUT2D eigenvalue weighted by molar-refractivity contribution is 9.10. The minimum atomic E-state index is -0.678. The number of para-hydroxylation sites is 1. The van der Waals surface area contributed by atoms with Gasteiger partial charge in [0.2, 0.25) is 11.8 Å². The Kier molecular flexibility index (Phi) is 4.84. The van der Waals surface area contributed by atoms with Crippen molar-refractivity contribution in [3.05, 3.63) is 52.5 Å². The molecule has 0 aliphatic carbocycles. The molecule has 3 rings (SSSR count). The average Bonchev–Trinajstić information content (AvgIpc) is 3.19. The SMILES string of the molecule is O=C(NNC(=O)C1CC(=O)N(c2ccccc2F)C1)c1cc(Br)c[nH]1. The highest BCUT2D eigenvalue weighted by atomic mass is 79.9. The van der Waals surface area contributed by atoms with E-state index in [0.29, 0.717) is 4.47 Å². The lowest BCUT2D eigenvalue weighted by atomic mass is 10.1. The van der Waals surface area contributed by atoms with Crippen molar-refractivity contribution in [3.63, 3.8) is 0 Å². The minimum absolute atomic E-state index is 0.0511. The predicted molar refractivity (Wildman–Crippen MR) is 91.0 cm³/mol. The summed E-state index contributed by atoms with van der Waals surface area (Å²) in [5.74, 6) is -2.57. The second-order valence-electron chi connectivity index (χ2n) is 5.53. The average molecular weight is 409 g/mol. The molecule has 1 aromatic heterocycles. The molecule has 3 N–H and O–H groups in total. The van der Waals surface area contributed by atoms with Gasteiger partial charge in [0.1, 0.15) is 11.5 Å². The highest BCUT2D eigenvalue weighted by Gasteiger charge is 2.36. The molecule has 0 bridgehead atoms. The Labute approximate surface area is 150 Å². The molecular weight excluding hydrogens is 395 g/mol. The van der Waals surface area contributed by atoms with Crippen LogP contribution in [0.15, 0.2) is 41.0 Å². The van der Waals surface area contributed by atoms with Crippen LogP contribution in [-0.4, -0.2) is 29.3 Å². The number of aromatic amines is 1. The number of H-pyrrole nitrogens is 1. The van der Waals surface area contributed by atoms with Crippen molar-refractivity contribution in [2.24, 2.45) is 5.92 Å². The number of carbonyl (C=O) groups is 3. The highest BCUT2D eigenvalue weighted by Crippen LogP contribution is 2.27. The number of hydrogen-bond acceptors (Lipinski definition) is 3. The van der Waals surface area contributed by atoms with Gasteiger partial charge in [0.15, 0.2) is 0 Å². The summed E-state index contributed by atoms with van der Waals surface area (Å²) in [5.41, 5.74) is 4.98. The molecule has 0 saturated carbocycles. The van der Waals surface area contributed by atoms with Gasteiger partial charge in [-0.1, -0.05) is 12.1 Å². The van der Waals surface area contributed by atoms with Gasteiger partial charge in [0.25, 0.3) is 5.91 Å². The lowest BCUT2D eigenvalue weighted by molar-refractivity contribution is -0.126. The van der Waals surface area contributed by atoms with Crippen LogP contribution in [0.5, 0.6) is 0 Å². The van der Waals surface area contributed by atoms with Crippen molar-refractivity contribution in [1.82, 2.24) is 15.8 Å². The molecule has 130 valence electrons. The third-order valence-corrected chi connectivity index (χ3v) is 4.29. The van der Waals surface area contributed by atoms with Crippen LogP contribution in [0, 0.1) is 11.7 Å². The normalized spacial score (nSPS) is 16.8. The summed E-state index contributed by atoms with van der Waals surface area (Å²) in [6.07, 6.45) is 1.53. The number of aromatic nitrogens is 1. The van der Waals surface area contributed by atoms with E-state index in [1.54, 1.807) is 18.3 Å². The smallest absolute Gasteiger partial charge is 0.286 e. The first kappa shape index (κ1) is 17.2. The maximum Gasteiger partial charge on any atom is 0.286 e. The van der Waals surface area contributed by atoms with Gasteiger partial charge < -0.3 is 9.88 Å². The first-order valence-corrected chi connectivity index (χ1v) is 8.24. The maximum absolute atomic E-state index is 13.8. The molecule has 2 heterocycles. The van der Waals surface area contributed by atoms with Gasteiger partial charge in [0.05, 0.1) is 11.6 Å². The van der Waals surface area contributed by atoms with E-state index in [0.717, 1.165) is 0 Å². The van der Waals surface area contributed by atoms with Crippen molar-refractivity contribution in [2.75, 3.05) is 11.4 Å². The number of amides is 3. The molecule has 9 heteroatoms. The summed E-state index contributed by atoms with van der Waals surface area (Å²) < 4.78 is 14.5. The van der Waals surface area contributed by atoms with Crippen LogP contribution < -0.4 is 15.8 Å². The van der Waals surface area contributed by atoms with Gasteiger partial charge >= 0.3 is 0 Å². The summed E-state index contributed by atoms with van der Waals surface area (Å²) in [7, 11) is 0. The standard InChI is InChI=1S/C16H14BrFN4O3/c17-10-6-12(19-7-10)16(25)21-20-15(24)9-5-14(23)22(8-9)13-4-2-1-3-11(13)18/h1-4,6-7,9,19H,5,8H2,(H,20,24)(H,21,25). The monoisotopic (exact) mass is 408 g/mol. The number of halogens is 2. The van der Waals surface area contributed by atoms with Crippen LogP contribution in [0.4, 0.5) is 10.1 Å². The molecule has 1 aliphatic heterocycles. The van der Waals surface area contributed by atoms with E-state index in [-0.39, 0.29) is 30.3 Å². The summed E-state index contributed by atoms with van der Waals surface area (Å²) in [6.45, 7) is 0.0511. The van der Waals surface area contributed by atoms with E-state index in [1.807, 2.05) is 0 Å². The summed E-state index contributed by atoms with van der Waals surface area (Å²) >= 11 is 3.20. The quantitative estimate of drug-likeness (QED) is 0.674. The molecule has 1 aromatic carbocycles. The molecule has 2 aromatic rings. The van der Waals surface area contributed by atoms with Gasteiger partial charge in [-0.05, 0) is 34.1 Å². The van der Waals surface area contributed by atoms with E-state index in [1.165, 1.54) is 23.1 Å². The molecule has 1 fully saturated rings. The fraction of sp³-hybridized carbons (Fsp3) is 0.188. The van der Waals surface area contributed by atoms with Gasteiger partial charge in [-0.3, -0.25) is 25.2 Å². The van der Waals surface area contributed by atoms with Gasteiger partial charge in [-0.25, -0.2) is 4.39 Å². The molecule has 7 nitrogen and oxygen atoms in total. The van der Waals surface area contributed by atoms with Crippen LogP contribution in [-0.2, 0) is 9.59 Å². The van der Waals surface area contributed by atoms with Crippen molar-refractivity contribution < 1.29 is 18.8 Å². The van der Waals surface area contributed by atoms with E-state index in [9.17, 15) is 18.8 Å². The zero-order chi connectivity index (χ0) is 18.0. The molecule has 1 aliphatic rings. The molecule has 0 spiro atoms. The molecule has 3 amide bonds. The van der Waals surface area contributed by atoms with E-state index < -0.39 is 23.5 Å². The molecule has 25 heavy (non-hydrogen) atoms. The second-order valence-corrected chi connectivity index (χ2v) is 6.45. The predicted octanol–water partition coefficient (Wildman–Crippen LogP) is 1.73. The Morgan fingerprint density at radius 3 is 2.72 bits per heavy atom. The lowest BCUT2D eigenvalue weighted by Crippen LogP contribution is -2.45. The molecular formula is C16H14BrFN4O3. The van der Waals surface area contributed by atoms with Crippen LogP contribution in [0.2, 0.25) is 0 Å². The third kappa shape index (κ3) is 3.71. The maximum atomic E-state index is 13.8. The topological polar surface area (TPSA) is 94.3 Å². The zero-order valence-electron chi connectivity index (χ0n) is 12.9. The fourth-order valence-electron chi connectivity index (χ4n) is 2.57. The molecule has 1 atom stereocenters. The number of hydrogen-bond donors (Lipinski definition) is 3. The van der Waals surface area contributed by atoms with Crippen molar-refractivity contribution >= 4 is 39.3 Å². The number of hydrazine groups is 1. The molecule has 1 unspecified atom stereocenters. The van der Waals surface area contributed by atoms with Crippen LogP contribution >= 0.6 is 15.9 Å². The van der Waals surface area contributed by atoms with E-state index >= 15 is 0 Å². The minimum Gasteiger partial charge on any atom is -0.356 e. The summed E-state index contributed by atoms with van der Waals surface area (Å²) in [4.78, 5) is 40.1. The van der Waals surface area contributed by atoms with E-state index in [2.05, 4.69) is 31.8 Å². The first-order chi connectivity index (χ1) is 12.0. The number of benzene rings is 1. The largest absolute Gasteiger partial charge is 0.356 e. The number of carbonyl (C=O) groups excluding carboxylic acids is 3. The van der Waals surface area contributed by atoms with E-state index in [4.69, 9.17) is 0 Å². The molecule has 1 saturated heterocycles.